The van der Waals surface area contributed by atoms with Crippen LogP contribution in [0.2, 0.25) is 0 Å². The van der Waals surface area contributed by atoms with Crippen molar-refractivity contribution in [3.8, 4) is 0 Å². The van der Waals surface area contributed by atoms with Gasteiger partial charge < -0.3 is 14.4 Å². The van der Waals surface area contributed by atoms with Gasteiger partial charge in [0.05, 0.1) is 16.4 Å². The van der Waals surface area contributed by atoms with E-state index >= 15 is 0 Å². The molecule has 0 radical (unpaired) electrons. The number of amides is 1. The summed E-state index contributed by atoms with van der Waals surface area (Å²) >= 11 is 1.50. The third-order valence-corrected chi connectivity index (χ3v) is 8.83. The molecule has 39 heavy (non-hydrogen) atoms. The standard InChI is InChI=1S/C31H43N5O2S/c1-22(2)11-18-34(19-12-23(3)4)29(37)24-9-10-26-27(21-24)35(17-8-16-33-14-6-5-7-15-33)31-32-28-25(13-20-39-28)30(38)36(26)31/h9-10,13,20-23H,5-8,11-12,14-19H2,1-4H3. The molecule has 0 bridgehead atoms. The number of carbonyl (C=O) groups is 1. The molecule has 8 heteroatoms. The Bertz CT molecular complexity index is 1480. The summed E-state index contributed by atoms with van der Waals surface area (Å²) < 4.78 is 3.91. The molecule has 1 aliphatic heterocycles. The van der Waals surface area contributed by atoms with E-state index in [1.165, 1.54) is 43.7 Å². The normalized spacial score (nSPS) is 14.9. The van der Waals surface area contributed by atoms with E-state index < -0.39 is 0 Å². The molecule has 7 nitrogen and oxygen atoms in total. The second-order valence-corrected chi connectivity index (χ2v) is 12.9. The van der Waals surface area contributed by atoms with Crippen LogP contribution in [-0.2, 0) is 6.54 Å². The minimum absolute atomic E-state index is 0.0365. The molecule has 1 saturated heterocycles. The maximum atomic E-state index is 13.8. The Morgan fingerprint density at radius 3 is 2.38 bits per heavy atom. The molecule has 1 fully saturated rings. The maximum Gasteiger partial charge on any atom is 0.268 e. The lowest BCUT2D eigenvalue weighted by Crippen LogP contribution is -2.34. The number of hydrogen-bond acceptors (Lipinski definition) is 5. The van der Waals surface area contributed by atoms with E-state index in [4.69, 9.17) is 4.98 Å². The largest absolute Gasteiger partial charge is 0.339 e. The molecule has 0 saturated carbocycles. The highest BCUT2D eigenvalue weighted by molar-refractivity contribution is 7.16. The molecule has 0 aliphatic carbocycles. The number of likely N-dealkylation sites (tertiary alicyclic amines) is 1. The van der Waals surface area contributed by atoms with Gasteiger partial charge in [-0.3, -0.25) is 9.59 Å². The average Bonchev–Trinajstić information content (AvgIpc) is 3.52. The van der Waals surface area contributed by atoms with Crippen molar-refractivity contribution in [3.63, 3.8) is 0 Å². The Hall–Kier alpha value is -2.71. The summed E-state index contributed by atoms with van der Waals surface area (Å²) in [5, 5.41) is 2.58. The Kier molecular flexibility index (Phi) is 8.72. The number of hydrogen-bond donors (Lipinski definition) is 0. The fraction of sp³-hybridized carbons (Fsp3) is 0.581. The van der Waals surface area contributed by atoms with E-state index in [0.29, 0.717) is 28.6 Å². The van der Waals surface area contributed by atoms with Crippen molar-refractivity contribution < 1.29 is 4.79 Å². The molecule has 1 aliphatic rings. The van der Waals surface area contributed by atoms with Crippen LogP contribution >= 0.6 is 11.3 Å². The van der Waals surface area contributed by atoms with E-state index in [2.05, 4.69) is 37.2 Å². The molecular weight excluding hydrogens is 506 g/mol. The van der Waals surface area contributed by atoms with E-state index in [1.54, 1.807) is 4.40 Å². The van der Waals surface area contributed by atoms with Crippen molar-refractivity contribution in [2.24, 2.45) is 11.8 Å². The second kappa shape index (κ2) is 12.2. The second-order valence-electron chi connectivity index (χ2n) is 12.0. The number of thiophene rings is 1. The predicted octanol–water partition coefficient (Wildman–Crippen LogP) is 6.27. The van der Waals surface area contributed by atoms with Crippen LogP contribution in [0.4, 0.5) is 0 Å². The summed E-state index contributed by atoms with van der Waals surface area (Å²) in [7, 11) is 0. The van der Waals surface area contributed by atoms with Gasteiger partial charge in [-0.2, -0.15) is 0 Å². The molecule has 1 aromatic carbocycles. The van der Waals surface area contributed by atoms with Crippen molar-refractivity contribution in [1.82, 2.24) is 23.8 Å². The zero-order chi connectivity index (χ0) is 27.5. The van der Waals surface area contributed by atoms with Gasteiger partial charge in [0.25, 0.3) is 11.5 Å². The number of nitrogens with zero attached hydrogens (tertiary/aromatic N) is 5. The Morgan fingerprint density at radius 1 is 0.974 bits per heavy atom. The van der Waals surface area contributed by atoms with E-state index in [9.17, 15) is 9.59 Å². The van der Waals surface area contributed by atoms with Gasteiger partial charge in [-0.15, -0.1) is 11.3 Å². The molecule has 5 rings (SSSR count). The third-order valence-electron chi connectivity index (χ3n) is 8.02. The molecule has 0 unspecified atom stereocenters. The summed E-state index contributed by atoms with van der Waals surface area (Å²) in [4.78, 5) is 37.6. The lowest BCUT2D eigenvalue weighted by atomic mass is 10.1. The summed E-state index contributed by atoms with van der Waals surface area (Å²) in [5.41, 5.74) is 2.38. The number of benzene rings is 1. The molecule has 3 aromatic heterocycles. The van der Waals surface area contributed by atoms with Gasteiger partial charge in [-0.25, -0.2) is 9.38 Å². The van der Waals surface area contributed by atoms with E-state index in [1.807, 2.05) is 34.5 Å². The smallest absolute Gasteiger partial charge is 0.268 e. The SMILES string of the molecule is CC(C)CCN(CCC(C)C)C(=O)c1ccc2c(c1)n(CCCN1CCCCC1)c1nc3sccc3c(=O)n21. The lowest BCUT2D eigenvalue weighted by Gasteiger charge is -2.26. The fourth-order valence-electron chi connectivity index (χ4n) is 5.65. The maximum absolute atomic E-state index is 13.8. The third kappa shape index (κ3) is 6.07. The first-order chi connectivity index (χ1) is 18.8. The van der Waals surface area contributed by atoms with E-state index in [-0.39, 0.29) is 11.5 Å². The number of piperidine rings is 1. The zero-order valence-corrected chi connectivity index (χ0v) is 24.8. The van der Waals surface area contributed by atoms with Crippen molar-refractivity contribution in [2.75, 3.05) is 32.7 Å². The lowest BCUT2D eigenvalue weighted by molar-refractivity contribution is 0.0741. The number of aromatic nitrogens is 3. The van der Waals surface area contributed by atoms with Crippen molar-refractivity contribution in [3.05, 3.63) is 45.6 Å². The van der Waals surface area contributed by atoms with Crippen molar-refractivity contribution >= 4 is 44.3 Å². The van der Waals surface area contributed by atoms with Crippen LogP contribution in [0.5, 0.6) is 0 Å². The van der Waals surface area contributed by atoms with Crippen LogP contribution in [0.3, 0.4) is 0 Å². The molecule has 1 amide bonds. The van der Waals surface area contributed by atoms with Crippen LogP contribution in [0, 0.1) is 11.8 Å². The Labute approximate surface area is 235 Å². The van der Waals surface area contributed by atoms with Gasteiger partial charge in [0, 0.05) is 25.2 Å². The van der Waals surface area contributed by atoms with Gasteiger partial charge in [-0.1, -0.05) is 34.1 Å². The molecule has 0 N–H and O–H groups in total. The van der Waals surface area contributed by atoms with Gasteiger partial charge in [0.2, 0.25) is 5.78 Å². The molecule has 0 spiro atoms. The number of imidazole rings is 1. The van der Waals surface area contributed by atoms with Gasteiger partial charge in [0.1, 0.15) is 4.83 Å². The van der Waals surface area contributed by atoms with E-state index in [0.717, 1.165) is 61.3 Å². The molecule has 4 aromatic rings. The van der Waals surface area contributed by atoms with Gasteiger partial charge in [0.15, 0.2) is 0 Å². The summed E-state index contributed by atoms with van der Waals surface area (Å²) in [6.07, 6.45) is 6.83. The predicted molar refractivity (Wildman–Crippen MR) is 162 cm³/mol. The summed E-state index contributed by atoms with van der Waals surface area (Å²) in [5.74, 6) is 1.82. The average molecular weight is 550 g/mol. The number of aryl methyl sites for hydroxylation is 1. The number of carbonyl (C=O) groups excluding carboxylic acids is 1. The van der Waals surface area contributed by atoms with Crippen LogP contribution in [0.15, 0.2) is 34.4 Å². The quantitative estimate of drug-likeness (QED) is 0.221. The summed E-state index contributed by atoms with van der Waals surface area (Å²) in [6.45, 7) is 14.5. The Balaban J connectivity index is 1.53. The fourth-order valence-corrected chi connectivity index (χ4v) is 6.40. The number of fused-ring (bicyclic) bond motifs is 4. The highest BCUT2D eigenvalue weighted by Crippen LogP contribution is 2.25. The highest BCUT2D eigenvalue weighted by atomic mass is 32.1. The molecule has 4 heterocycles. The molecule has 0 atom stereocenters. The van der Waals surface area contributed by atoms with Crippen LogP contribution < -0.4 is 5.56 Å². The molecule has 210 valence electrons. The van der Waals surface area contributed by atoms with Crippen molar-refractivity contribution in [1.29, 1.82) is 0 Å². The topological polar surface area (TPSA) is 62.9 Å². The van der Waals surface area contributed by atoms with Crippen LogP contribution in [0.25, 0.3) is 27.0 Å². The highest BCUT2D eigenvalue weighted by Gasteiger charge is 2.21. The first kappa shape index (κ1) is 27.8. The minimum Gasteiger partial charge on any atom is -0.339 e. The van der Waals surface area contributed by atoms with Crippen molar-refractivity contribution in [2.45, 2.75) is 72.8 Å². The Morgan fingerprint density at radius 2 is 1.69 bits per heavy atom. The zero-order valence-electron chi connectivity index (χ0n) is 24.0. The summed E-state index contributed by atoms with van der Waals surface area (Å²) in [6, 6.07) is 7.70. The van der Waals surface area contributed by atoms with Crippen LogP contribution in [-0.4, -0.2) is 62.4 Å². The number of rotatable bonds is 11. The first-order valence-electron chi connectivity index (χ1n) is 14.8. The molecular formula is C31H43N5O2S. The van der Waals surface area contributed by atoms with Gasteiger partial charge in [-0.05, 0) is 93.2 Å². The van der Waals surface area contributed by atoms with Gasteiger partial charge >= 0.3 is 0 Å². The first-order valence-corrected chi connectivity index (χ1v) is 15.6. The monoisotopic (exact) mass is 549 g/mol. The van der Waals surface area contributed by atoms with Crippen LogP contribution in [0.1, 0.15) is 76.6 Å². The minimum atomic E-state index is -0.0365.